The van der Waals surface area contributed by atoms with Gasteiger partial charge in [-0.25, -0.2) is 4.79 Å². The molecule has 1 aromatic rings. The zero-order chi connectivity index (χ0) is 14.1. The molecule has 1 atom stereocenters. The van der Waals surface area contributed by atoms with E-state index in [4.69, 9.17) is 0 Å². The maximum atomic E-state index is 11.3. The smallest absolute Gasteiger partial charge is 0.354 e. The van der Waals surface area contributed by atoms with Crippen LogP contribution in [-0.4, -0.2) is 24.6 Å². The van der Waals surface area contributed by atoms with Crippen molar-refractivity contribution in [3.8, 4) is 0 Å². The number of rotatable bonds is 9. The number of carbonyl (C=O) groups is 1. The number of methoxy groups -OCH3 is 1. The number of ether oxygens (including phenoxy) is 1. The summed E-state index contributed by atoms with van der Waals surface area (Å²) >= 11 is 0. The zero-order valence-corrected chi connectivity index (χ0v) is 12.3. The predicted octanol–water partition coefficient (Wildman–Crippen LogP) is 3.11. The van der Waals surface area contributed by atoms with Crippen molar-refractivity contribution in [3.05, 3.63) is 23.5 Å². The third-order valence-corrected chi connectivity index (χ3v) is 3.44. The van der Waals surface area contributed by atoms with Gasteiger partial charge < -0.3 is 15.0 Å². The minimum Gasteiger partial charge on any atom is -0.464 e. The van der Waals surface area contributed by atoms with Gasteiger partial charge in [-0.05, 0) is 31.0 Å². The Balaban J connectivity index is 2.32. The van der Waals surface area contributed by atoms with Crippen LogP contribution in [0.5, 0.6) is 0 Å². The van der Waals surface area contributed by atoms with Crippen molar-refractivity contribution in [2.45, 2.75) is 46.1 Å². The quantitative estimate of drug-likeness (QED) is 0.675. The first-order valence-electron chi connectivity index (χ1n) is 7.18. The van der Waals surface area contributed by atoms with Gasteiger partial charge in [0.2, 0.25) is 0 Å². The second kappa shape index (κ2) is 8.75. The highest BCUT2D eigenvalue weighted by Gasteiger charge is 2.08. The Bertz CT molecular complexity index is 374. The van der Waals surface area contributed by atoms with Crippen molar-refractivity contribution in [1.29, 1.82) is 0 Å². The molecule has 0 fully saturated rings. The minimum absolute atomic E-state index is 0.319. The fourth-order valence-electron chi connectivity index (χ4n) is 2.13. The first-order valence-corrected chi connectivity index (χ1v) is 7.18. The number of esters is 1. The number of carbonyl (C=O) groups excluding carboxylic acids is 1. The summed E-state index contributed by atoms with van der Waals surface area (Å²) in [5, 5.41) is 3.45. The second-order valence-electron chi connectivity index (χ2n) is 4.94. The zero-order valence-electron chi connectivity index (χ0n) is 12.3. The lowest BCUT2D eigenvalue weighted by Crippen LogP contribution is -2.22. The van der Waals surface area contributed by atoms with Crippen molar-refractivity contribution in [2.75, 3.05) is 13.7 Å². The minimum atomic E-state index is -0.319. The van der Waals surface area contributed by atoms with Crippen LogP contribution in [0.25, 0.3) is 0 Å². The summed E-state index contributed by atoms with van der Waals surface area (Å²) in [6.07, 6.45) is 5.06. The van der Waals surface area contributed by atoms with Gasteiger partial charge in [-0.3, -0.25) is 0 Å². The van der Waals surface area contributed by atoms with Crippen LogP contribution in [-0.2, 0) is 11.3 Å². The van der Waals surface area contributed by atoms with Crippen molar-refractivity contribution in [3.63, 3.8) is 0 Å². The number of H-pyrrole nitrogens is 1. The van der Waals surface area contributed by atoms with Crippen LogP contribution in [0.2, 0.25) is 0 Å². The largest absolute Gasteiger partial charge is 0.464 e. The average Bonchev–Trinajstić information content (AvgIpc) is 2.90. The number of aromatic amines is 1. The summed E-state index contributed by atoms with van der Waals surface area (Å²) in [4.78, 5) is 14.4. The molecule has 1 unspecified atom stereocenters. The van der Waals surface area contributed by atoms with Crippen LogP contribution in [0.15, 0.2) is 12.1 Å². The van der Waals surface area contributed by atoms with Crippen LogP contribution < -0.4 is 5.32 Å². The van der Waals surface area contributed by atoms with Crippen molar-refractivity contribution in [1.82, 2.24) is 10.3 Å². The highest BCUT2D eigenvalue weighted by molar-refractivity contribution is 5.87. The summed E-state index contributed by atoms with van der Waals surface area (Å²) in [5.74, 6) is 0.427. The van der Waals surface area contributed by atoms with Gasteiger partial charge in [-0.15, -0.1) is 0 Å². The average molecular weight is 266 g/mol. The van der Waals surface area contributed by atoms with E-state index in [9.17, 15) is 4.79 Å². The van der Waals surface area contributed by atoms with Gasteiger partial charge in [0.25, 0.3) is 0 Å². The lowest BCUT2D eigenvalue weighted by atomic mass is 9.99. The van der Waals surface area contributed by atoms with Crippen molar-refractivity contribution < 1.29 is 9.53 Å². The summed E-state index contributed by atoms with van der Waals surface area (Å²) in [6, 6.07) is 3.68. The van der Waals surface area contributed by atoms with E-state index in [1.807, 2.05) is 6.07 Å². The molecule has 0 amide bonds. The van der Waals surface area contributed by atoms with Crippen LogP contribution in [0.3, 0.4) is 0 Å². The molecule has 0 aliphatic carbocycles. The van der Waals surface area contributed by atoms with Gasteiger partial charge in [0.1, 0.15) is 5.69 Å². The summed E-state index contributed by atoms with van der Waals surface area (Å²) in [5.41, 5.74) is 1.53. The first-order chi connectivity index (χ1) is 9.21. The van der Waals surface area contributed by atoms with E-state index < -0.39 is 0 Å². The standard InChI is InChI=1S/C15H26N2O2/c1-4-6-7-12(5-2)10-16-11-13-8-9-14(17-13)15(18)19-3/h8-9,12,16-17H,4-7,10-11H2,1-3H3. The van der Waals surface area contributed by atoms with Crippen LogP contribution >= 0.6 is 0 Å². The molecule has 4 nitrogen and oxygen atoms in total. The molecule has 1 aromatic heterocycles. The predicted molar refractivity (Wildman–Crippen MR) is 77.1 cm³/mol. The highest BCUT2D eigenvalue weighted by Crippen LogP contribution is 2.11. The molecule has 0 saturated carbocycles. The Hall–Kier alpha value is -1.29. The van der Waals surface area contributed by atoms with Crippen LogP contribution in [0.4, 0.5) is 0 Å². The maximum Gasteiger partial charge on any atom is 0.354 e. The number of aromatic nitrogens is 1. The normalized spacial score (nSPS) is 12.4. The molecule has 108 valence electrons. The number of nitrogens with one attached hydrogen (secondary N) is 2. The van der Waals surface area contributed by atoms with E-state index >= 15 is 0 Å². The Morgan fingerprint density at radius 1 is 1.42 bits per heavy atom. The molecule has 19 heavy (non-hydrogen) atoms. The molecule has 2 N–H and O–H groups in total. The van der Waals surface area contributed by atoms with Crippen molar-refractivity contribution >= 4 is 5.97 Å². The van der Waals surface area contributed by atoms with Crippen LogP contribution in [0, 0.1) is 5.92 Å². The summed E-state index contributed by atoms with van der Waals surface area (Å²) < 4.78 is 4.66. The molecule has 1 heterocycles. The second-order valence-corrected chi connectivity index (χ2v) is 4.94. The van der Waals surface area contributed by atoms with E-state index in [0.717, 1.165) is 24.7 Å². The van der Waals surface area contributed by atoms with Gasteiger partial charge in [-0.1, -0.05) is 33.1 Å². The molecule has 0 aromatic carbocycles. The molecular formula is C15H26N2O2. The molecule has 0 aliphatic rings. The molecule has 1 rings (SSSR count). The van der Waals surface area contributed by atoms with E-state index in [-0.39, 0.29) is 5.97 Å². The first kappa shape index (κ1) is 15.8. The fraction of sp³-hybridized carbons (Fsp3) is 0.667. The molecule has 0 bridgehead atoms. The summed E-state index contributed by atoms with van der Waals surface area (Å²) in [7, 11) is 1.39. The van der Waals surface area contributed by atoms with Gasteiger partial charge >= 0.3 is 5.97 Å². The Morgan fingerprint density at radius 2 is 2.21 bits per heavy atom. The molecule has 4 heteroatoms. The van der Waals surface area contributed by atoms with E-state index in [1.54, 1.807) is 6.07 Å². The number of hydrogen-bond donors (Lipinski definition) is 2. The van der Waals surface area contributed by atoms with Crippen LogP contribution in [0.1, 0.15) is 55.7 Å². The topological polar surface area (TPSA) is 54.1 Å². The van der Waals surface area contributed by atoms with Gasteiger partial charge in [0.15, 0.2) is 0 Å². The number of hydrogen-bond acceptors (Lipinski definition) is 3. The maximum absolute atomic E-state index is 11.3. The molecular weight excluding hydrogens is 240 g/mol. The Morgan fingerprint density at radius 3 is 2.84 bits per heavy atom. The van der Waals surface area contributed by atoms with E-state index in [1.165, 1.54) is 32.8 Å². The van der Waals surface area contributed by atoms with Gasteiger partial charge in [0.05, 0.1) is 7.11 Å². The molecule has 0 spiro atoms. The monoisotopic (exact) mass is 266 g/mol. The molecule has 0 aliphatic heterocycles. The summed E-state index contributed by atoms with van der Waals surface area (Å²) in [6.45, 7) is 6.27. The van der Waals surface area contributed by atoms with E-state index in [2.05, 4.69) is 28.9 Å². The number of unbranched alkanes of at least 4 members (excludes halogenated alkanes) is 1. The molecule has 0 radical (unpaired) electrons. The lowest BCUT2D eigenvalue weighted by molar-refractivity contribution is 0.0594. The third-order valence-electron chi connectivity index (χ3n) is 3.44. The molecule has 0 saturated heterocycles. The van der Waals surface area contributed by atoms with E-state index in [0.29, 0.717) is 5.69 Å². The Labute approximate surface area is 115 Å². The SMILES string of the molecule is CCCCC(CC)CNCc1ccc(C(=O)OC)[nH]1. The third kappa shape index (κ3) is 5.47. The lowest BCUT2D eigenvalue weighted by Gasteiger charge is -2.14. The van der Waals surface area contributed by atoms with Gasteiger partial charge in [0, 0.05) is 12.2 Å². The van der Waals surface area contributed by atoms with Crippen molar-refractivity contribution in [2.24, 2.45) is 5.92 Å². The highest BCUT2D eigenvalue weighted by atomic mass is 16.5. The fourth-order valence-corrected chi connectivity index (χ4v) is 2.13. The Kier molecular flexibility index (Phi) is 7.26. The van der Waals surface area contributed by atoms with Gasteiger partial charge in [-0.2, -0.15) is 0 Å².